The number of amides is 1. The zero-order valence-corrected chi connectivity index (χ0v) is 14.0. The number of hydrogen-bond acceptors (Lipinski definition) is 6. The maximum atomic E-state index is 12.3. The Labute approximate surface area is 141 Å². The molecule has 0 aliphatic rings. The second-order valence-electron chi connectivity index (χ2n) is 5.03. The van der Waals surface area contributed by atoms with Crippen molar-refractivity contribution in [2.75, 3.05) is 11.1 Å². The highest BCUT2D eigenvalue weighted by atomic mass is 32.2. The molecular formula is C15H16N5O3S+. The molecule has 1 aromatic carbocycles. The van der Waals surface area contributed by atoms with E-state index in [0.717, 1.165) is 0 Å². The number of aromatic nitrogens is 4. The van der Waals surface area contributed by atoms with Gasteiger partial charge < -0.3 is 0 Å². The molecule has 24 heavy (non-hydrogen) atoms. The first-order valence-electron chi connectivity index (χ1n) is 7.33. The summed E-state index contributed by atoms with van der Waals surface area (Å²) < 4.78 is 7.99. The SMILES string of the molecule is CC[n+]1cc(NC(=O)CSc2nc3ccccc3c(=O)n2C)on1. The number of nitrogens with zero attached hydrogens (tertiary/aromatic N) is 4. The molecule has 0 aliphatic carbocycles. The lowest BCUT2D eigenvalue weighted by Crippen LogP contribution is -2.32. The smallest absolute Gasteiger partial charge is 0.290 e. The predicted molar refractivity (Wildman–Crippen MR) is 88.7 cm³/mol. The van der Waals surface area contributed by atoms with Crippen molar-refractivity contribution < 1.29 is 14.0 Å². The summed E-state index contributed by atoms with van der Waals surface area (Å²) >= 11 is 1.19. The fourth-order valence-corrected chi connectivity index (χ4v) is 2.89. The van der Waals surface area contributed by atoms with Gasteiger partial charge in [0, 0.05) is 7.05 Å². The van der Waals surface area contributed by atoms with E-state index in [1.54, 1.807) is 36.1 Å². The minimum atomic E-state index is -0.262. The van der Waals surface area contributed by atoms with Crippen LogP contribution in [0.2, 0.25) is 0 Å². The van der Waals surface area contributed by atoms with E-state index in [-0.39, 0.29) is 23.1 Å². The molecule has 3 rings (SSSR count). The normalized spacial score (nSPS) is 10.9. The van der Waals surface area contributed by atoms with Gasteiger partial charge >= 0.3 is 5.88 Å². The fourth-order valence-electron chi connectivity index (χ4n) is 2.11. The molecule has 1 N–H and O–H groups in total. The molecule has 9 heteroatoms. The molecule has 124 valence electrons. The van der Waals surface area contributed by atoms with E-state index in [0.29, 0.717) is 22.6 Å². The van der Waals surface area contributed by atoms with Gasteiger partial charge in [0.15, 0.2) is 11.7 Å². The van der Waals surface area contributed by atoms with Crippen LogP contribution in [0.4, 0.5) is 5.88 Å². The number of para-hydroxylation sites is 1. The Morgan fingerprint density at radius 2 is 2.21 bits per heavy atom. The minimum absolute atomic E-state index is 0.103. The summed E-state index contributed by atoms with van der Waals surface area (Å²) in [6.45, 7) is 2.56. The maximum Gasteiger partial charge on any atom is 0.302 e. The third-order valence-electron chi connectivity index (χ3n) is 3.37. The van der Waals surface area contributed by atoms with Crippen LogP contribution in [0.3, 0.4) is 0 Å². The van der Waals surface area contributed by atoms with Gasteiger partial charge in [0.05, 0.1) is 16.7 Å². The number of fused-ring (bicyclic) bond motifs is 1. The molecule has 0 saturated heterocycles. The van der Waals surface area contributed by atoms with Crippen molar-refractivity contribution in [3.05, 3.63) is 40.8 Å². The number of rotatable bonds is 5. The number of carbonyl (C=O) groups is 1. The Kier molecular flexibility index (Phi) is 4.61. The molecule has 0 atom stereocenters. The molecule has 1 amide bonds. The molecular weight excluding hydrogens is 330 g/mol. The van der Waals surface area contributed by atoms with E-state index in [1.165, 1.54) is 16.3 Å². The number of aryl methyl sites for hydroxylation is 1. The summed E-state index contributed by atoms with van der Waals surface area (Å²) in [6.07, 6.45) is 1.60. The summed E-state index contributed by atoms with van der Waals surface area (Å²) in [5.41, 5.74) is 0.477. The Balaban J connectivity index is 1.72. The molecule has 2 aromatic heterocycles. The van der Waals surface area contributed by atoms with Crippen molar-refractivity contribution in [3.63, 3.8) is 0 Å². The lowest BCUT2D eigenvalue weighted by molar-refractivity contribution is -0.759. The van der Waals surface area contributed by atoms with Crippen LogP contribution < -0.4 is 15.6 Å². The third-order valence-corrected chi connectivity index (χ3v) is 4.40. The molecule has 0 radical (unpaired) electrons. The highest BCUT2D eigenvalue weighted by Crippen LogP contribution is 2.17. The van der Waals surface area contributed by atoms with E-state index < -0.39 is 0 Å². The van der Waals surface area contributed by atoms with Crippen molar-refractivity contribution in [2.45, 2.75) is 18.6 Å². The third kappa shape index (κ3) is 3.30. The lowest BCUT2D eigenvalue weighted by Gasteiger charge is -2.08. The molecule has 3 aromatic rings. The summed E-state index contributed by atoms with van der Waals surface area (Å²) in [5.74, 6) is 0.121. The topological polar surface area (TPSA) is 93.9 Å². The second kappa shape index (κ2) is 6.83. The lowest BCUT2D eigenvalue weighted by atomic mass is 10.2. The van der Waals surface area contributed by atoms with E-state index in [1.807, 2.05) is 13.0 Å². The monoisotopic (exact) mass is 346 g/mol. The number of hydrogen-bond donors (Lipinski definition) is 1. The summed E-state index contributed by atoms with van der Waals surface area (Å²) in [6, 6.07) is 7.13. The average Bonchev–Trinajstić information content (AvgIpc) is 3.04. The van der Waals surface area contributed by atoms with E-state index in [4.69, 9.17) is 4.52 Å². The van der Waals surface area contributed by atoms with Gasteiger partial charge in [-0.3, -0.25) is 24.0 Å². The van der Waals surface area contributed by atoms with Gasteiger partial charge in [-0.05, 0) is 19.1 Å². The van der Waals surface area contributed by atoms with Crippen molar-refractivity contribution in [1.29, 1.82) is 0 Å². The zero-order valence-electron chi connectivity index (χ0n) is 13.2. The quantitative estimate of drug-likeness (QED) is 0.420. The van der Waals surface area contributed by atoms with Crippen molar-refractivity contribution in [3.8, 4) is 0 Å². The van der Waals surface area contributed by atoms with Gasteiger partial charge in [-0.1, -0.05) is 28.6 Å². The van der Waals surface area contributed by atoms with Crippen molar-refractivity contribution >= 4 is 34.5 Å². The largest absolute Gasteiger partial charge is 0.302 e. The predicted octanol–water partition coefficient (Wildman–Crippen LogP) is 0.960. The number of carbonyl (C=O) groups excluding carboxylic acids is 1. The van der Waals surface area contributed by atoms with Crippen LogP contribution in [0, 0.1) is 0 Å². The fraction of sp³-hybridized carbons (Fsp3) is 0.267. The van der Waals surface area contributed by atoms with Crippen LogP contribution in [0.15, 0.2) is 44.9 Å². The van der Waals surface area contributed by atoms with Gasteiger partial charge in [-0.2, -0.15) is 0 Å². The van der Waals surface area contributed by atoms with Gasteiger partial charge in [0.25, 0.3) is 11.8 Å². The van der Waals surface area contributed by atoms with Crippen LogP contribution in [0.25, 0.3) is 10.9 Å². The summed E-state index contributed by atoms with van der Waals surface area (Å²) in [7, 11) is 1.64. The van der Waals surface area contributed by atoms with E-state index in [2.05, 4.69) is 15.6 Å². The molecule has 0 unspecified atom stereocenters. The Morgan fingerprint density at radius 3 is 2.96 bits per heavy atom. The molecule has 0 aliphatic heterocycles. The molecule has 0 saturated carbocycles. The zero-order chi connectivity index (χ0) is 17.1. The first-order chi connectivity index (χ1) is 11.6. The van der Waals surface area contributed by atoms with E-state index in [9.17, 15) is 9.59 Å². The van der Waals surface area contributed by atoms with Crippen LogP contribution in [0.5, 0.6) is 0 Å². The van der Waals surface area contributed by atoms with Gasteiger partial charge in [0.1, 0.15) is 0 Å². The van der Waals surface area contributed by atoms with Gasteiger partial charge in [-0.15, -0.1) is 0 Å². The Morgan fingerprint density at radius 1 is 1.42 bits per heavy atom. The molecule has 0 bridgehead atoms. The first-order valence-corrected chi connectivity index (χ1v) is 8.32. The Hall–Kier alpha value is -2.68. The first kappa shape index (κ1) is 16.2. The van der Waals surface area contributed by atoms with E-state index >= 15 is 0 Å². The molecule has 0 fully saturated rings. The summed E-state index contributed by atoms with van der Waals surface area (Å²) in [4.78, 5) is 28.7. The van der Waals surface area contributed by atoms with Crippen LogP contribution in [0.1, 0.15) is 6.92 Å². The number of thioether (sulfide) groups is 1. The minimum Gasteiger partial charge on any atom is -0.290 e. The van der Waals surface area contributed by atoms with Crippen LogP contribution in [-0.2, 0) is 18.4 Å². The van der Waals surface area contributed by atoms with Crippen molar-refractivity contribution in [2.24, 2.45) is 7.05 Å². The highest BCUT2D eigenvalue weighted by molar-refractivity contribution is 7.99. The van der Waals surface area contributed by atoms with Crippen LogP contribution in [-0.4, -0.2) is 26.5 Å². The number of anilines is 1. The van der Waals surface area contributed by atoms with Crippen LogP contribution >= 0.6 is 11.8 Å². The number of benzene rings is 1. The molecule has 2 heterocycles. The maximum absolute atomic E-state index is 12.3. The highest BCUT2D eigenvalue weighted by Gasteiger charge is 2.14. The second-order valence-corrected chi connectivity index (χ2v) is 5.98. The van der Waals surface area contributed by atoms with Gasteiger partial charge in [-0.25, -0.2) is 4.98 Å². The molecule has 0 spiro atoms. The summed E-state index contributed by atoms with van der Waals surface area (Å²) in [5, 5.41) is 7.38. The Bertz CT molecular complexity index is 950. The number of nitrogens with one attached hydrogen (secondary N) is 1. The van der Waals surface area contributed by atoms with Gasteiger partial charge in [0.2, 0.25) is 11.2 Å². The molecule has 8 nitrogen and oxygen atoms in total. The van der Waals surface area contributed by atoms with Crippen molar-refractivity contribution in [1.82, 2.24) is 14.8 Å². The average molecular weight is 346 g/mol. The standard InChI is InChI=1S/C15H15N5O3S/c1-3-20-8-13(23-18-20)17-12(21)9-24-15-16-11-7-5-4-6-10(11)14(22)19(15)2/h4-8H,3,9H2,1-2H3/p+1.